The first-order valence-electron chi connectivity index (χ1n) is 12.1. The highest BCUT2D eigenvalue weighted by Gasteiger charge is 2.42. The highest BCUT2D eigenvalue weighted by molar-refractivity contribution is 7.14. The maximum Gasteiger partial charge on any atom is 0.275 e. The highest BCUT2D eigenvalue weighted by Crippen LogP contribution is 2.35. The topological polar surface area (TPSA) is 131 Å². The van der Waals surface area contributed by atoms with Gasteiger partial charge in [-0.05, 0) is 57.2 Å². The summed E-state index contributed by atoms with van der Waals surface area (Å²) in [4.78, 5) is 30.9. The smallest absolute Gasteiger partial charge is 0.275 e. The van der Waals surface area contributed by atoms with Crippen LogP contribution in [0, 0.1) is 17.6 Å². The van der Waals surface area contributed by atoms with Crippen molar-refractivity contribution in [2.75, 3.05) is 20.2 Å². The molecule has 0 saturated heterocycles. The zero-order valence-corrected chi connectivity index (χ0v) is 21.4. The Bertz CT molecular complexity index is 1340. The molecule has 37 heavy (non-hydrogen) atoms. The van der Waals surface area contributed by atoms with Gasteiger partial charge in [-0.1, -0.05) is 17.4 Å². The van der Waals surface area contributed by atoms with Crippen molar-refractivity contribution >= 4 is 17.2 Å². The summed E-state index contributed by atoms with van der Waals surface area (Å²) in [6, 6.07) is 3.25. The number of hydrogen-bond donors (Lipinski definition) is 4. The number of pyridine rings is 1. The molecule has 0 bridgehead atoms. The Morgan fingerprint density at radius 2 is 2.03 bits per heavy atom. The van der Waals surface area contributed by atoms with E-state index < -0.39 is 34.4 Å². The highest BCUT2D eigenvalue weighted by atomic mass is 32.1. The van der Waals surface area contributed by atoms with Gasteiger partial charge in [-0.15, -0.1) is 10.2 Å². The molecule has 3 aromatic rings. The average Bonchev–Trinajstić information content (AvgIpc) is 3.36. The fraction of sp³-hybridized carbons (Fsp3) is 0.440. The number of hydrogen-bond acceptors (Lipinski definition) is 8. The van der Waals surface area contributed by atoms with Crippen molar-refractivity contribution in [3.63, 3.8) is 0 Å². The maximum absolute atomic E-state index is 14.0. The summed E-state index contributed by atoms with van der Waals surface area (Å²) >= 11 is 1.03. The SMILES string of the molecule is CCN(C(=O)c1[nH]cc(-c2nnc(Cc3ccc(F)cc3F)s2)c(=O)c1O)C1(NC)CCC(CO)CC1. The molecule has 9 nitrogen and oxygen atoms in total. The second-order valence-corrected chi connectivity index (χ2v) is 10.2. The number of benzene rings is 1. The maximum atomic E-state index is 14.0. The Morgan fingerprint density at radius 3 is 2.65 bits per heavy atom. The molecule has 1 fully saturated rings. The molecule has 1 saturated carbocycles. The predicted octanol–water partition coefficient (Wildman–Crippen LogP) is 3.03. The summed E-state index contributed by atoms with van der Waals surface area (Å²) < 4.78 is 27.2. The monoisotopic (exact) mass is 533 g/mol. The molecule has 4 N–H and O–H groups in total. The van der Waals surface area contributed by atoms with Crippen LogP contribution in [-0.4, -0.2) is 62.1 Å². The quantitative estimate of drug-likeness (QED) is 0.327. The lowest BCUT2D eigenvalue weighted by atomic mass is 9.81. The van der Waals surface area contributed by atoms with Crippen LogP contribution < -0.4 is 10.7 Å². The van der Waals surface area contributed by atoms with E-state index in [4.69, 9.17) is 0 Å². The number of nitrogens with one attached hydrogen (secondary N) is 2. The Hall–Kier alpha value is -3.22. The summed E-state index contributed by atoms with van der Waals surface area (Å²) in [5, 5.41) is 32.0. The number of aromatic amines is 1. The minimum atomic E-state index is -0.781. The van der Waals surface area contributed by atoms with E-state index in [2.05, 4.69) is 20.5 Å². The molecular weight excluding hydrogens is 504 g/mol. The molecule has 198 valence electrons. The molecule has 0 spiro atoms. The minimum absolute atomic E-state index is 0.0206. The number of amides is 1. The number of aliphatic hydroxyl groups is 1. The van der Waals surface area contributed by atoms with Crippen LogP contribution in [0.4, 0.5) is 8.78 Å². The van der Waals surface area contributed by atoms with E-state index in [1.807, 2.05) is 6.92 Å². The van der Waals surface area contributed by atoms with Crippen LogP contribution in [0.3, 0.4) is 0 Å². The van der Waals surface area contributed by atoms with Crippen molar-refractivity contribution in [2.24, 2.45) is 5.92 Å². The molecule has 2 heterocycles. The minimum Gasteiger partial charge on any atom is -0.503 e. The molecule has 12 heteroatoms. The molecule has 0 aliphatic heterocycles. The van der Waals surface area contributed by atoms with Crippen LogP contribution in [-0.2, 0) is 6.42 Å². The van der Waals surface area contributed by atoms with Gasteiger partial charge in [0.25, 0.3) is 5.91 Å². The molecule has 1 aliphatic carbocycles. The number of aromatic hydroxyl groups is 1. The van der Waals surface area contributed by atoms with Gasteiger partial charge in [0.2, 0.25) is 5.43 Å². The van der Waals surface area contributed by atoms with Crippen LogP contribution in [0.15, 0.2) is 29.2 Å². The van der Waals surface area contributed by atoms with E-state index in [1.54, 1.807) is 11.9 Å². The van der Waals surface area contributed by atoms with Gasteiger partial charge in [0.1, 0.15) is 16.6 Å². The Morgan fingerprint density at radius 1 is 1.30 bits per heavy atom. The molecule has 1 amide bonds. The first-order chi connectivity index (χ1) is 17.7. The second kappa shape index (κ2) is 11.0. The fourth-order valence-corrected chi connectivity index (χ4v) is 5.75. The lowest BCUT2D eigenvalue weighted by Gasteiger charge is -2.47. The Kier molecular flexibility index (Phi) is 8.00. The van der Waals surface area contributed by atoms with E-state index in [-0.39, 0.29) is 40.8 Å². The van der Waals surface area contributed by atoms with Crippen LogP contribution >= 0.6 is 11.3 Å². The van der Waals surface area contributed by atoms with Crippen LogP contribution in [0.2, 0.25) is 0 Å². The van der Waals surface area contributed by atoms with E-state index in [0.29, 0.717) is 24.4 Å². The largest absolute Gasteiger partial charge is 0.503 e. The first-order valence-corrected chi connectivity index (χ1v) is 12.9. The van der Waals surface area contributed by atoms with E-state index in [0.717, 1.165) is 36.3 Å². The van der Waals surface area contributed by atoms with Gasteiger partial charge in [-0.25, -0.2) is 8.78 Å². The normalized spacial score (nSPS) is 19.6. The van der Waals surface area contributed by atoms with E-state index >= 15 is 0 Å². The third-order valence-corrected chi connectivity index (χ3v) is 8.02. The number of rotatable bonds is 8. The summed E-state index contributed by atoms with van der Waals surface area (Å²) in [7, 11) is 1.77. The Balaban J connectivity index is 1.58. The van der Waals surface area contributed by atoms with Gasteiger partial charge in [0.05, 0.1) is 11.2 Å². The Labute approximate surface area is 216 Å². The van der Waals surface area contributed by atoms with E-state index in [9.17, 15) is 28.6 Å². The van der Waals surface area contributed by atoms with Gasteiger partial charge >= 0.3 is 0 Å². The predicted molar refractivity (Wildman–Crippen MR) is 134 cm³/mol. The van der Waals surface area contributed by atoms with Crippen molar-refractivity contribution in [3.05, 3.63) is 62.5 Å². The third-order valence-electron chi connectivity index (χ3n) is 7.06. The molecule has 0 unspecified atom stereocenters. The number of H-pyrrole nitrogens is 1. The number of aliphatic hydroxyl groups excluding tert-OH is 1. The molecule has 1 aromatic carbocycles. The van der Waals surface area contributed by atoms with Gasteiger partial charge < -0.3 is 20.1 Å². The summed E-state index contributed by atoms with van der Waals surface area (Å²) in [6.07, 6.45) is 4.09. The number of aromatic nitrogens is 3. The number of halogens is 2. The van der Waals surface area contributed by atoms with Crippen molar-refractivity contribution in [3.8, 4) is 16.3 Å². The molecule has 0 radical (unpaired) electrons. The van der Waals surface area contributed by atoms with Gasteiger partial charge in [-0.2, -0.15) is 0 Å². The number of carbonyl (C=O) groups excluding carboxylic acids is 1. The van der Waals surface area contributed by atoms with Crippen molar-refractivity contribution in [1.29, 1.82) is 0 Å². The second-order valence-electron chi connectivity index (χ2n) is 9.13. The molecule has 4 rings (SSSR count). The van der Waals surface area contributed by atoms with Crippen LogP contribution in [0.25, 0.3) is 10.6 Å². The van der Waals surface area contributed by atoms with Crippen LogP contribution in [0.1, 0.15) is 53.7 Å². The summed E-state index contributed by atoms with van der Waals surface area (Å²) in [6.45, 7) is 2.26. The fourth-order valence-electron chi connectivity index (χ4n) is 4.87. The molecule has 2 aromatic heterocycles. The van der Waals surface area contributed by atoms with Crippen molar-refractivity contribution < 1.29 is 23.8 Å². The zero-order valence-electron chi connectivity index (χ0n) is 20.6. The van der Waals surface area contributed by atoms with Gasteiger partial charge in [-0.3, -0.25) is 14.9 Å². The van der Waals surface area contributed by atoms with Crippen molar-refractivity contribution in [2.45, 2.75) is 44.7 Å². The van der Waals surface area contributed by atoms with Gasteiger partial charge in [0.15, 0.2) is 16.5 Å². The molecule has 0 atom stereocenters. The van der Waals surface area contributed by atoms with Crippen LogP contribution in [0.5, 0.6) is 5.75 Å². The standard InChI is InChI=1S/C25H29F2N5O4S/c1-3-32(25(28-2)8-6-14(13-33)7-9-25)24(36)20-22(35)21(34)17(12-29-20)23-31-30-19(37-23)10-15-4-5-16(26)11-18(15)27/h4-5,11-12,14,28,33,35H,3,6-10,13H2,1-2H3,(H,29,34). The van der Waals surface area contributed by atoms with E-state index in [1.165, 1.54) is 12.3 Å². The van der Waals surface area contributed by atoms with Crippen molar-refractivity contribution in [1.82, 2.24) is 25.4 Å². The molecule has 1 aliphatic rings. The summed E-state index contributed by atoms with van der Waals surface area (Å²) in [5.74, 6) is -2.46. The van der Waals surface area contributed by atoms with Gasteiger partial charge in [0, 0.05) is 31.8 Å². The summed E-state index contributed by atoms with van der Waals surface area (Å²) in [5.41, 5.74) is -1.42. The zero-order chi connectivity index (χ0) is 26.7. The molecular formula is C25H29F2N5O4S. The lowest BCUT2D eigenvalue weighted by molar-refractivity contribution is 0.00987. The first kappa shape index (κ1) is 26.8. The average molecular weight is 534 g/mol. The third kappa shape index (κ3) is 5.27. The number of carbonyl (C=O) groups is 1. The number of nitrogens with zero attached hydrogens (tertiary/aromatic N) is 3. The lowest BCUT2D eigenvalue weighted by Crippen LogP contribution is -2.61.